The number of carbonyl (C=O) groups is 2. The van der Waals surface area contributed by atoms with Gasteiger partial charge in [-0.15, -0.1) is 0 Å². The van der Waals surface area contributed by atoms with E-state index in [1.54, 1.807) is 0 Å². The number of hydrogen-bond acceptors (Lipinski definition) is 4. The van der Waals surface area contributed by atoms with Crippen molar-refractivity contribution in [3.05, 3.63) is 0 Å². The topological polar surface area (TPSA) is 70.7 Å². The number of nitrogens with zero attached hydrogens (tertiary/aromatic N) is 1. The van der Waals surface area contributed by atoms with Crippen molar-refractivity contribution in [3.63, 3.8) is 0 Å². The van der Waals surface area contributed by atoms with Crippen LogP contribution in [0.25, 0.3) is 0 Å². The van der Waals surface area contributed by atoms with Gasteiger partial charge in [0.05, 0.1) is 5.54 Å². The average molecular weight is 337 g/mol. The van der Waals surface area contributed by atoms with Crippen LogP contribution in [-0.4, -0.2) is 61.1 Å². The summed E-state index contributed by atoms with van der Waals surface area (Å²) < 4.78 is 5.49. The van der Waals surface area contributed by atoms with Crippen molar-refractivity contribution in [1.82, 2.24) is 15.5 Å². The van der Waals surface area contributed by atoms with E-state index in [0.29, 0.717) is 25.7 Å². The molecule has 0 aromatic carbocycles. The maximum Gasteiger partial charge on any atom is 0.244 e. The van der Waals surface area contributed by atoms with Crippen molar-refractivity contribution in [2.45, 2.75) is 58.0 Å². The summed E-state index contributed by atoms with van der Waals surface area (Å²) >= 11 is 0. The number of nitrogens with one attached hydrogen (secondary N) is 2. The Bertz CT molecular complexity index is 496. The molecule has 2 aliphatic heterocycles. The minimum atomic E-state index is -0.462. The Kier molecular flexibility index (Phi) is 4.89. The molecule has 3 fully saturated rings. The fourth-order valence-electron chi connectivity index (χ4n) is 3.78. The van der Waals surface area contributed by atoms with Gasteiger partial charge in [-0.25, -0.2) is 0 Å². The van der Waals surface area contributed by atoms with E-state index in [1.807, 2.05) is 6.92 Å². The molecular formula is C18H31N3O3. The lowest BCUT2D eigenvalue weighted by Gasteiger charge is -2.39. The van der Waals surface area contributed by atoms with E-state index in [2.05, 4.69) is 29.4 Å². The summed E-state index contributed by atoms with van der Waals surface area (Å²) in [6.45, 7) is 10.1. The second-order valence-corrected chi connectivity index (χ2v) is 8.56. The molecule has 3 rings (SSSR count). The van der Waals surface area contributed by atoms with E-state index in [-0.39, 0.29) is 22.8 Å². The molecule has 2 saturated heterocycles. The number of hydrogen-bond donors (Lipinski definition) is 2. The van der Waals surface area contributed by atoms with E-state index in [0.717, 1.165) is 38.8 Å². The second-order valence-electron chi connectivity index (χ2n) is 8.56. The highest BCUT2D eigenvalue weighted by atomic mass is 16.5. The lowest BCUT2D eigenvalue weighted by atomic mass is 9.89. The van der Waals surface area contributed by atoms with Crippen LogP contribution < -0.4 is 10.6 Å². The molecule has 2 heterocycles. The first-order chi connectivity index (χ1) is 11.3. The largest absolute Gasteiger partial charge is 0.381 e. The number of ether oxygens (including phenoxy) is 1. The lowest BCUT2D eigenvalue weighted by Crippen LogP contribution is -2.58. The van der Waals surface area contributed by atoms with Gasteiger partial charge in [0.15, 0.2) is 0 Å². The highest BCUT2D eigenvalue weighted by Gasteiger charge is 2.47. The minimum Gasteiger partial charge on any atom is -0.381 e. The molecule has 1 saturated carbocycles. The van der Waals surface area contributed by atoms with Gasteiger partial charge >= 0.3 is 0 Å². The van der Waals surface area contributed by atoms with Crippen molar-refractivity contribution in [1.29, 1.82) is 0 Å². The van der Waals surface area contributed by atoms with Gasteiger partial charge < -0.3 is 15.4 Å². The predicted octanol–water partition coefficient (Wildman–Crippen LogP) is 0.908. The van der Waals surface area contributed by atoms with Crippen molar-refractivity contribution in [2.24, 2.45) is 11.3 Å². The normalized spacial score (nSPS) is 29.2. The molecule has 3 aliphatic rings. The summed E-state index contributed by atoms with van der Waals surface area (Å²) in [6.07, 6.45) is 3.52. The molecule has 1 atom stereocenters. The maximum atomic E-state index is 12.8. The Morgan fingerprint density at radius 2 is 2.00 bits per heavy atom. The zero-order valence-corrected chi connectivity index (χ0v) is 15.2. The van der Waals surface area contributed by atoms with Crippen LogP contribution in [0.5, 0.6) is 0 Å². The fraction of sp³-hybridized carbons (Fsp3) is 0.889. The SMILES string of the molecule is CC(C)CN1CC(NC(=O)C2(C)CC2)C(=O)NC2(CCOCC2)C1. The molecule has 0 aromatic rings. The molecule has 0 radical (unpaired) electrons. The van der Waals surface area contributed by atoms with Gasteiger partial charge in [0.1, 0.15) is 6.04 Å². The Balaban J connectivity index is 1.74. The number of amides is 2. The van der Waals surface area contributed by atoms with Crippen LogP contribution in [0.4, 0.5) is 0 Å². The molecule has 24 heavy (non-hydrogen) atoms. The zero-order valence-electron chi connectivity index (χ0n) is 15.2. The van der Waals surface area contributed by atoms with Gasteiger partial charge in [-0.05, 0) is 31.6 Å². The molecule has 6 nitrogen and oxygen atoms in total. The van der Waals surface area contributed by atoms with Crippen molar-refractivity contribution in [2.75, 3.05) is 32.8 Å². The van der Waals surface area contributed by atoms with Crippen LogP contribution >= 0.6 is 0 Å². The summed E-state index contributed by atoms with van der Waals surface area (Å²) in [6, 6.07) is -0.462. The monoisotopic (exact) mass is 337 g/mol. The van der Waals surface area contributed by atoms with Crippen LogP contribution in [-0.2, 0) is 14.3 Å². The molecular weight excluding hydrogens is 306 g/mol. The van der Waals surface area contributed by atoms with Gasteiger partial charge in [-0.1, -0.05) is 20.8 Å². The highest BCUT2D eigenvalue weighted by molar-refractivity contribution is 5.91. The molecule has 2 amide bonds. The van der Waals surface area contributed by atoms with Gasteiger partial charge in [0, 0.05) is 38.3 Å². The first kappa shape index (κ1) is 17.7. The maximum absolute atomic E-state index is 12.8. The molecule has 6 heteroatoms. The Morgan fingerprint density at radius 3 is 2.58 bits per heavy atom. The van der Waals surface area contributed by atoms with Crippen LogP contribution in [0.2, 0.25) is 0 Å². The summed E-state index contributed by atoms with van der Waals surface area (Å²) in [7, 11) is 0. The van der Waals surface area contributed by atoms with E-state index in [9.17, 15) is 9.59 Å². The van der Waals surface area contributed by atoms with Gasteiger partial charge in [0.25, 0.3) is 0 Å². The Labute approximate surface area is 144 Å². The Morgan fingerprint density at radius 1 is 1.33 bits per heavy atom. The molecule has 1 aliphatic carbocycles. The minimum absolute atomic E-state index is 0.0232. The first-order valence-corrected chi connectivity index (χ1v) is 9.25. The smallest absolute Gasteiger partial charge is 0.244 e. The number of rotatable bonds is 4. The summed E-state index contributed by atoms with van der Waals surface area (Å²) in [5.74, 6) is 0.503. The molecule has 136 valence electrons. The van der Waals surface area contributed by atoms with E-state index in [1.165, 1.54) is 0 Å². The second kappa shape index (κ2) is 6.64. The van der Waals surface area contributed by atoms with Crippen molar-refractivity contribution in [3.8, 4) is 0 Å². The molecule has 2 N–H and O–H groups in total. The molecule has 1 spiro atoms. The molecule has 0 bridgehead atoms. The third kappa shape index (κ3) is 3.91. The molecule has 0 aromatic heterocycles. The third-order valence-corrected chi connectivity index (χ3v) is 5.60. The summed E-state index contributed by atoms with van der Waals surface area (Å²) in [5, 5.41) is 6.26. The quantitative estimate of drug-likeness (QED) is 0.800. The molecule has 1 unspecified atom stereocenters. The van der Waals surface area contributed by atoms with Crippen LogP contribution in [0.1, 0.15) is 46.5 Å². The first-order valence-electron chi connectivity index (χ1n) is 9.25. The van der Waals surface area contributed by atoms with Crippen LogP contribution in [0.15, 0.2) is 0 Å². The van der Waals surface area contributed by atoms with Gasteiger partial charge in [-0.3, -0.25) is 14.5 Å². The number of carbonyl (C=O) groups excluding carboxylic acids is 2. The Hall–Kier alpha value is -1.14. The van der Waals surface area contributed by atoms with Crippen LogP contribution in [0, 0.1) is 11.3 Å². The van der Waals surface area contributed by atoms with E-state index in [4.69, 9.17) is 4.74 Å². The standard InChI is InChI=1S/C18H31N3O3/c1-13(2)10-21-11-14(19-16(23)17(3)4-5-17)15(22)20-18(12-21)6-8-24-9-7-18/h13-14H,4-12H2,1-3H3,(H,19,23)(H,20,22). The summed E-state index contributed by atoms with van der Waals surface area (Å²) in [5.41, 5.74) is -0.473. The summed E-state index contributed by atoms with van der Waals surface area (Å²) in [4.78, 5) is 27.6. The third-order valence-electron chi connectivity index (χ3n) is 5.60. The van der Waals surface area contributed by atoms with Gasteiger partial charge in [0.2, 0.25) is 11.8 Å². The van der Waals surface area contributed by atoms with E-state index < -0.39 is 6.04 Å². The zero-order chi connectivity index (χ0) is 17.4. The van der Waals surface area contributed by atoms with Crippen LogP contribution in [0.3, 0.4) is 0 Å². The average Bonchev–Trinajstić information content (AvgIpc) is 3.26. The van der Waals surface area contributed by atoms with E-state index >= 15 is 0 Å². The van der Waals surface area contributed by atoms with Crippen molar-refractivity contribution < 1.29 is 14.3 Å². The van der Waals surface area contributed by atoms with Crippen molar-refractivity contribution >= 4 is 11.8 Å². The highest BCUT2D eigenvalue weighted by Crippen LogP contribution is 2.45. The van der Waals surface area contributed by atoms with Gasteiger partial charge in [-0.2, -0.15) is 0 Å². The lowest BCUT2D eigenvalue weighted by molar-refractivity contribution is -0.132. The fourth-order valence-corrected chi connectivity index (χ4v) is 3.78. The predicted molar refractivity (Wildman–Crippen MR) is 91.5 cm³/mol.